The molecule has 0 aromatic heterocycles. The zero-order valence-corrected chi connectivity index (χ0v) is 14.4. The molecule has 0 bridgehead atoms. The van der Waals surface area contributed by atoms with E-state index in [0.29, 0.717) is 6.54 Å². The number of urea groups is 1. The minimum atomic E-state index is -0.115. The van der Waals surface area contributed by atoms with E-state index in [0.717, 1.165) is 20.6 Å². The van der Waals surface area contributed by atoms with Crippen molar-refractivity contribution in [2.45, 2.75) is 11.4 Å². The fourth-order valence-electron chi connectivity index (χ4n) is 1.86. The number of halogens is 1. The Hall–Kier alpha value is -1.46. The topological polar surface area (TPSA) is 32.3 Å². The van der Waals surface area contributed by atoms with Crippen LogP contribution >= 0.6 is 27.7 Å². The van der Waals surface area contributed by atoms with Gasteiger partial charge in [0.2, 0.25) is 0 Å². The average Bonchev–Trinajstić information content (AvgIpc) is 2.49. The summed E-state index contributed by atoms with van der Waals surface area (Å²) in [6.45, 7) is 0.571. The van der Waals surface area contributed by atoms with Crippen LogP contribution in [0.15, 0.2) is 57.9 Å². The third-order valence-corrected chi connectivity index (χ3v) is 4.25. The van der Waals surface area contributed by atoms with Crippen LogP contribution in [0.3, 0.4) is 0 Å². The third kappa shape index (κ3) is 4.79. The van der Waals surface area contributed by atoms with Gasteiger partial charge in [0.25, 0.3) is 0 Å². The summed E-state index contributed by atoms with van der Waals surface area (Å²) in [4.78, 5) is 15.0. The third-order valence-electron chi connectivity index (χ3n) is 3.00. The lowest BCUT2D eigenvalue weighted by Crippen LogP contribution is -2.30. The maximum absolute atomic E-state index is 12.2. The molecule has 0 fully saturated rings. The van der Waals surface area contributed by atoms with E-state index in [4.69, 9.17) is 0 Å². The number of carbonyl (C=O) groups excluding carboxylic acids is 1. The lowest BCUT2D eigenvalue weighted by atomic mass is 10.2. The second kappa shape index (κ2) is 7.52. The van der Waals surface area contributed by atoms with Crippen LogP contribution in [0.5, 0.6) is 0 Å². The highest BCUT2D eigenvalue weighted by Gasteiger charge is 2.09. The highest BCUT2D eigenvalue weighted by Crippen LogP contribution is 2.19. The second-order valence-corrected chi connectivity index (χ2v) is 6.44. The summed E-state index contributed by atoms with van der Waals surface area (Å²) < 4.78 is 1.03. The molecule has 0 saturated heterocycles. The molecule has 0 aliphatic carbocycles. The number of anilines is 1. The van der Waals surface area contributed by atoms with Gasteiger partial charge in [-0.2, -0.15) is 0 Å². The number of thioether (sulfide) groups is 1. The van der Waals surface area contributed by atoms with Gasteiger partial charge in [0.1, 0.15) is 0 Å². The Morgan fingerprint density at radius 3 is 2.62 bits per heavy atom. The monoisotopic (exact) mass is 364 g/mol. The highest BCUT2D eigenvalue weighted by molar-refractivity contribution is 9.10. The van der Waals surface area contributed by atoms with Gasteiger partial charge in [-0.15, -0.1) is 11.8 Å². The molecule has 0 radical (unpaired) electrons. The SMILES string of the molecule is CSc1cccc(NC(=O)N(C)Cc2ccc(Br)cc2)c1. The molecule has 0 unspecified atom stereocenters. The number of carbonyl (C=O) groups is 1. The number of amides is 2. The Bertz CT molecular complexity index is 616. The first kappa shape index (κ1) is 15.9. The molecule has 110 valence electrons. The van der Waals surface area contributed by atoms with Gasteiger partial charge in [0.15, 0.2) is 0 Å². The summed E-state index contributed by atoms with van der Waals surface area (Å²) in [5.41, 5.74) is 1.91. The van der Waals surface area contributed by atoms with E-state index in [2.05, 4.69) is 21.2 Å². The van der Waals surface area contributed by atoms with Gasteiger partial charge < -0.3 is 10.2 Å². The van der Waals surface area contributed by atoms with Crippen LogP contribution in [0.1, 0.15) is 5.56 Å². The fraction of sp³-hybridized carbons (Fsp3) is 0.188. The number of nitrogens with one attached hydrogen (secondary N) is 1. The molecule has 0 aliphatic rings. The first-order valence-electron chi connectivity index (χ1n) is 6.49. The summed E-state index contributed by atoms with van der Waals surface area (Å²) >= 11 is 5.06. The van der Waals surface area contributed by atoms with Crippen LogP contribution in [-0.4, -0.2) is 24.2 Å². The van der Waals surface area contributed by atoms with E-state index in [1.165, 1.54) is 0 Å². The van der Waals surface area contributed by atoms with Crippen molar-refractivity contribution in [3.63, 3.8) is 0 Å². The maximum Gasteiger partial charge on any atom is 0.321 e. The molecule has 0 spiro atoms. The number of hydrogen-bond donors (Lipinski definition) is 1. The van der Waals surface area contributed by atoms with E-state index in [-0.39, 0.29) is 6.03 Å². The minimum Gasteiger partial charge on any atom is -0.323 e. The molecule has 3 nitrogen and oxygen atoms in total. The zero-order chi connectivity index (χ0) is 15.2. The Balaban J connectivity index is 1.97. The van der Waals surface area contributed by atoms with Crippen LogP contribution in [-0.2, 0) is 6.54 Å². The van der Waals surface area contributed by atoms with Crippen LogP contribution in [0, 0.1) is 0 Å². The highest BCUT2D eigenvalue weighted by atomic mass is 79.9. The van der Waals surface area contributed by atoms with Crippen molar-refractivity contribution in [1.82, 2.24) is 4.90 Å². The Labute approximate surface area is 137 Å². The van der Waals surface area contributed by atoms with Gasteiger partial charge in [-0.05, 0) is 42.2 Å². The van der Waals surface area contributed by atoms with E-state index < -0.39 is 0 Å². The largest absolute Gasteiger partial charge is 0.323 e. The maximum atomic E-state index is 12.2. The summed E-state index contributed by atoms with van der Waals surface area (Å²) in [5.74, 6) is 0. The molecular weight excluding hydrogens is 348 g/mol. The molecule has 2 aromatic carbocycles. The molecule has 1 N–H and O–H groups in total. The number of rotatable bonds is 4. The van der Waals surface area contributed by atoms with Crippen molar-refractivity contribution in [3.05, 3.63) is 58.6 Å². The summed E-state index contributed by atoms with van der Waals surface area (Å²) in [7, 11) is 1.79. The van der Waals surface area contributed by atoms with Crippen molar-refractivity contribution in [2.24, 2.45) is 0 Å². The van der Waals surface area contributed by atoms with Crippen molar-refractivity contribution in [1.29, 1.82) is 0 Å². The lowest BCUT2D eigenvalue weighted by molar-refractivity contribution is 0.220. The zero-order valence-electron chi connectivity index (χ0n) is 12.0. The predicted octanol–water partition coefficient (Wildman–Crippen LogP) is 4.83. The van der Waals surface area contributed by atoms with Gasteiger partial charge in [-0.1, -0.05) is 34.1 Å². The molecule has 5 heteroatoms. The molecule has 2 rings (SSSR count). The molecule has 0 saturated carbocycles. The molecular formula is C16H17BrN2OS. The standard InChI is InChI=1S/C16H17BrN2OS/c1-19(11-12-6-8-13(17)9-7-12)16(20)18-14-4-3-5-15(10-14)21-2/h3-10H,11H2,1-2H3,(H,18,20). The van der Waals surface area contributed by atoms with Crippen molar-refractivity contribution >= 4 is 39.4 Å². The lowest BCUT2D eigenvalue weighted by Gasteiger charge is -2.18. The van der Waals surface area contributed by atoms with Gasteiger partial charge in [0, 0.05) is 28.6 Å². The number of hydrogen-bond acceptors (Lipinski definition) is 2. The molecule has 2 amide bonds. The Morgan fingerprint density at radius 2 is 1.95 bits per heavy atom. The van der Waals surface area contributed by atoms with Crippen LogP contribution < -0.4 is 5.32 Å². The minimum absolute atomic E-state index is 0.115. The average molecular weight is 365 g/mol. The summed E-state index contributed by atoms with van der Waals surface area (Å²) in [6, 6.07) is 15.7. The first-order valence-corrected chi connectivity index (χ1v) is 8.51. The smallest absolute Gasteiger partial charge is 0.321 e. The van der Waals surface area contributed by atoms with Crippen LogP contribution in [0.2, 0.25) is 0 Å². The summed E-state index contributed by atoms with van der Waals surface area (Å²) in [5, 5.41) is 2.91. The van der Waals surface area contributed by atoms with Gasteiger partial charge >= 0.3 is 6.03 Å². The molecule has 0 atom stereocenters. The summed E-state index contributed by atoms with van der Waals surface area (Å²) in [6.07, 6.45) is 2.01. The number of benzene rings is 2. The fourth-order valence-corrected chi connectivity index (χ4v) is 2.58. The van der Waals surface area contributed by atoms with Crippen molar-refractivity contribution in [3.8, 4) is 0 Å². The van der Waals surface area contributed by atoms with Gasteiger partial charge in [0.05, 0.1) is 0 Å². The Kier molecular flexibility index (Phi) is 5.70. The quantitative estimate of drug-likeness (QED) is 0.787. The second-order valence-electron chi connectivity index (χ2n) is 4.64. The van der Waals surface area contributed by atoms with Crippen molar-refractivity contribution in [2.75, 3.05) is 18.6 Å². The van der Waals surface area contributed by atoms with E-state index in [1.807, 2.05) is 54.8 Å². The molecule has 21 heavy (non-hydrogen) atoms. The van der Waals surface area contributed by atoms with E-state index in [9.17, 15) is 4.79 Å². The normalized spacial score (nSPS) is 10.2. The molecule has 0 aliphatic heterocycles. The first-order chi connectivity index (χ1) is 10.1. The van der Waals surface area contributed by atoms with Crippen molar-refractivity contribution < 1.29 is 4.79 Å². The van der Waals surface area contributed by atoms with Gasteiger partial charge in [-0.25, -0.2) is 4.79 Å². The van der Waals surface area contributed by atoms with Crippen LogP contribution in [0.25, 0.3) is 0 Å². The number of nitrogens with zero attached hydrogens (tertiary/aromatic N) is 1. The molecule has 2 aromatic rings. The molecule has 0 heterocycles. The van der Waals surface area contributed by atoms with Gasteiger partial charge in [-0.3, -0.25) is 0 Å². The van der Waals surface area contributed by atoms with E-state index >= 15 is 0 Å². The predicted molar refractivity (Wildman–Crippen MR) is 92.9 cm³/mol. The Morgan fingerprint density at radius 1 is 1.24 bits per heavy atom. The van der Waals surface area contributed by atoms with Crippen LogP contribution in [0.4, 0.5) is 10.5 Å². The van der Waals surface area contributed by atoms with E-state index in [1.54, 1.807) is 23.7 Å².